The molecule has 0 saturated carbocycles. The van der Waals surface area contributed by atoms with E-state index in [9.17, 15) is 9.50 Å². The fourth-order valence-electron chi connectivity index (χ4n) is 3.46. The van der Waals surface area contributed by atoms with Gasteiger partial charge in [-0.2, -0.15) is 0 Å². The van der Waals surface area contributed by atoms with Crippen LogP contribution in [0.1, 0.15) is 11.5 Å². The van der Waals surface area contributed by atoms with Gasteiger partial charge in [0.1, 0.15) is 17.3 Å². The van der Waals surface area contributed by atoms with Crippen LogP contribution < -0.4 is 0 Å². The number of hydrogen-bond acceptors (Lipinski definition) is 5. The van der Waals surface area contributed by atoms with Crippen LogP contribution >= 0.6 is 0 Å². The summed E-state index contributed by atoms with van der Waals surface area (Å²) in [5.74, 6) is 1.10. The van der Waals surface area contributed by atoms with E-state index in [-0.39, 0.29) is 11.7 Å². The summed E-state index contributed by atoms with van der Waals surface area (Å²) in [7, 11) is 0. The summed E-state index contributed by atoms with van der Waals surface area (Å²) in [5, 5.41) is 10.3. The van der Waals surface area contributed by atoms with Crippen molar-refractivity contribution < 1.29 is 13.9 Å². The van der Waals surface area contributed by atoms with Crippen LogP contribution in [0.5, 0.6) is 0 Å². The van der Waals surface area contributed by atoms with E-state index in [4.69, 9.17) is 4.42 Å². The van der Waals surface area contributed by atoms with Gasteiger partial charge in [-0.05, 0) is 30.7 Å². The van der Waals surface area contributed by atoms with Gasteiger partial charge in [-0.25, -0.2) is 4.39 Å². The summed E-state index contributed by atoms with van der Waals surface area (Å²) in [6.45, 7) is 1.93. The molecule has 0 bridgehead atoms. The lowest BCUT2D eigenvalue weighted by molar-refractivity contribution is 0.140. The first-order valence-corrected chi connectivity index (χ1v) is 8.68. The number of aliphatic hydroxyl groups is 1. The van der Waals surface area contributed by atoms with Gasteiger partial charge in [0, 0.05) is 37.6 Å². The van der Waals surface area contributed by atoms with Gasteiger partial charge in [-0.15, -0.1) is 0 Å². The lowest BCUT2D eigenvalue weighted by Gasteiger charge is -2.14. The molecule has 2 aromatic heterocycles. The Bertz CT molecular complexity index is 868. The van der Waals surface area contributed by atoms with Crippen LogP contribution in [-0.2, 0) is 13.0 Å². The third-order valence-electron chi connectivity index (χ3n) is 4.75. The molecule has 3 aromatic rings. The number of nitrogens with zero attached hydrogens (tertiary/aromatic N) is 3. The van der Waals surface area contributed by atoms with Crippen LogP contribution in [0.15, 0.2) is 59.4 Å². The van der Waals surface area contributed by atoms with Gasteiger partial charge < -0.3 is 9.52 Å². The summed E-state index contributed by atoms with van der Waals surface area (Å²) in [6.07, 6.45) is 5.34. The second-order valence-electron chi connectivity index (χ2n) is 6.67. The maximum Gasteiger partial charge on any atom is 0.137 e. The van der Waals surface area contributed by atoms with Crippen molar-refractivity contribution in [3.8, 4) is 11.3 Å². The molecule has 0 amide bonds. The third-order valence-corrected chi connectivity index (χ3v) is 4.75. The van der Waals surface area contributed by atoms with Crippen LogP contribution in [0.4, 0.5) is 4.39 Å². The number of β-amino-alcohol motifs (C(OH)–C–C–N with tert-alkyl or cyclic N) is 1. The van der Waals surface area contributed by atoms with Gasteiger partial charge >= 0.3 is 0 Å². The van der Waals surface area contributed by atoms with E-state index in [0.29, 0.717) is 30.8 Å². The first kappa shape index (κ1) is 16.9. The largest absolute Gasteiger partial charge is 0.460 e. The van der Waals surface area contributed by atoms with Crippen molar-refractivity contribution in [2.75, 3.05) is 13.1 Å². The van der Waals surface area contributed by atoms with Crippen molar-refractivity contribution in [3.05, 3.63) is 72.3 Å². The van der Waals surface area contributed by atoms with E-state index >= 15 is 0 Å². The van der Waals surface area contributed by atoms with E-state index in [1.807, 2.05) is 6.07 Å². The number of halogens is 1. The first-order valence-electron chi connectivity index (χ1n) is 8.68. The lowest BCUT2D eigenvalue weighted by Crippen LogP contribution is -2.21. The molecule has 5 nitrogen and oxygen atoms in total. The topological polar surface area (TPSA) is 62.4 Å². The molecule has 26 heavy (non-hydrogen) atoms. The molecule has 134 valence electrons. The Labute approximate surface area is 151 Å². The number of rotatable bonds is 5. The number of aromatic nitrogens is 2. The Morgan fingerprint density at radius 1 is 1.15 bits per heavy atom. The number of likely N-dealkylation sites (tertiary alicyclic amines) is 1. The first-order chi connectivity index (χ1) is 12.7. The van der Waals surface area contributed by atoms with Crippen molar-refractivity contribution in [2.45, 2.75) is 19.1 Å². The van der Waals surface area contributed by atoms with Crippen molar-refractivity contribution in [1.29, 1.82) is 0 Å². The second-order valence-corrected chi connectivity index (χ2v) is 6.67. The fraction of sp³-hybridized carbons (Fsp3) is 0.300. The Kier molecular flexibility index (Phi) is 4.77. The average molecular weight is 353 g/mol. The zero-order valence-corrected chi connectivity index (χ0v) is 14.3. The maximum absolute atomic E-state index is 13.9. The molecule has 1 saturated heterocycles. The van der Waals surface area contributed by atoms with E-state index < -0.39 is 6.10 Å². The predicted molar refractivity (Wildman–Crippen MR) is 94.6 cm³/mol. The SMILES string of the molecule is O[C@@H]1CN(Cc2ccc(-c3ccccc3F)o2)C[C@H]1Cc1cnccn1. The number of furan rings is 1. The molecule has 1 aliphatic rings. The molecule has 0 aliphatic carbocycles. The molecule has 0 unspecified atom stereocenters. The van der Waals surface area contributed by atoms with Crippen molar-refractivity contribution in [2.24, 2.45) is 5.92 Å². The number of hydrogen-bond donors (Lipinski definition) is 1. The Morgan fingerprint density at radius 3 is 2.85 bits per heavy atom. The monoisotopic (exact) mass is 353 g/mol. The van der Waals surface area contributed by atoms with Gasteiger partial charge in [0.2, 0.25) is 0 Å². The normalized spacial score (nSPS) is 20.5. The van der Waals surface area contributed by atoms with Crippen molar-refractivity contribution in [1.82, 2.24) is 14.9 Å². The number of benzene rings is 1. The van der Waals surface area contributed by atoms with E-state index in [1.165, 1.54) is 6.07 Å². The predicted octanol–water partition coefficient (Wildman–Crippen LogP) is 2.91. The summed E-state index contributed by atoms with van der Waals surface area (Å²) < 4.78 is 19.7. The summed E-state index contributed by atoms with van der Waals surface area (Å²) in [4.78, 5) is 10.5. The maximum atomic E-state index is 13.9. The molecule has 1 N–H and O–H groups in total. The highest BCUT2D eigenvalue weighted by atomic mass is 19.1. The van der Waals surface area contributed by atoms with Crippen molar-refractivity contribution >= 4 is 0 Å². The summed E-state index contributed by atoms with van der Waals surface area (Å²) in [6, 6.07) is 10.2. The van der Waals surface area contributed by atoms with E-state index in [1.54, 1.807) is 42.9 Å². The standard InChI is InChI=1S/C20H20FN3O2/c21-18-4-2-1-3-17(18)20-6-5-16(26-20)12-24-11-14(19(25)13-24)9-15-10-22-7-8-23-15/h1-8,10,14,19,25H,9,11-13H2/t14-,19-/m1/s1. The molecular formula is C20H20FN3O2. The highest BCUT2D eigenvalue weighted by molar-refractivity contribution is 5.58. The highest BCUT2D eigenvalue weighted by Crippen LogP contribution is 2.27. The van der Waals surface area contributed by atoms with Crippen LogP contribution in [0.25, 0.3) is 11.3 Å². The van der Waals surface area contributed by atoms with Gasteiger partial charge in [0.25, 0.3) is 0 Å². The van der Waals surface area contributed by atoms with Gasteiger partial charge in [0.15, 0.2) is 0 Å². The highest BCUT2D eigenvalue weighted by Gasteiger charge is 2.32. The molecule has 6 heteroatoms. The van der Waals surface area contributed by atoms with Crippen LogP contribution in [-0.4, -0.2) is 39.2 Å². The zero-order valence-electron chi connectivity index (χ0n) is 14.3. The molecular weight excluding hydrogens is 333 g/mol. The molecule has 1 aromatic carbocycles. The second kappa shape index (κ2) is 7.35. The van der Waals surface area contributed by atoms with Crippen LogP contribution in [0.3, 0.4) is 0 Å². The minimum absolute atomic E-state index is 0.118. The minimum Gasteiger partial charge on any atom is -0.460 e. The van der Waals surface area contributed by atoms with Crippen LogP contribution in [0, 0.1) is 11.7 Å². The molecule has 4 rings (SSSR count). The molecule has 0 spiro atoms. The molecule has 3 heterocycles. The molecule has 1 aliphatic heterocycles. The minimum atomic E-state index is -0.405. The van der Waals surface area contributed by atoms with Gasteiger partial charge in [-0.3, -0.25) is 14.9 Å². The Balaban J connectivity index is 1.40. The summed E-state index contributed by atoms with van der Waals surface area (Å²) >= 11 is 0. The fourth-order valence-corrected chi connectivity index (χ4v) is 3.46. The Hall–Kier alpha value is -2.57. The molecule has 1 fully saturated rings. The van der Waals surface area contributed by atoms with E-state index in [2.05, 4.69) is 14.9 Å². The molecule has 2 atom stereocenters. The average Bonchev–Trinajstić information content (AvgIpc) is 3.23. The zero-order chi connectivity index (χ0) is 17.9. The summed E-state index contributed by atoms with van der Waals surface area (Å²) in [5.41, 5.74) is 1.35. The quantitative estimate of drug-likeness (QED) is 0.764. The smallest absolute Gasteiger partial charge is 0.137 e. The van der Waals surface area contributed by atoms with Gasteiger partial charge in [0.05, 0.1) is 23.9 Å². The van der Waals surface area contributed by atoms with E-state index in [0.717, 1.165) is 18.0 Å². The Morgan fingerprint density at radius 2 is 2.04 bits per heavy atom. The number of aliphatic hydroxyl groups excluding tert-OH is 1. The lowest BCUT2D eigenvalue weighted by atomic mass is 10.0. The third kappa shape index (κ3) is 3.66. The molecule has 0 radical (unpaired) electrons. The van der Waals surface area contributed by atoms with Crippen LogP contribution in [0.2, 0.25) is 0 Å². The van der Waals surface area contributed by atoms with Gasteiger partial charge in [-0.1, -0.05) is 12.1 Å². The van der Waals surface area contributed by atoms with Crippen molar-refractivity contribution in [3.63, 3.8) is 0 Å².